The van der Waals surface area contributed by atoms with E-state index in [9.17, 15) is 13.2 Å². The van der Waals surface area contributed by atoms with Crippen LogP contribution in [0.3, 0.4) is 0 Å². The molecule has 0 spiro atoms. The minimum Gasteiger partial charge on any atom is -0.332 e. The van der Waals surface area contributed by atoms with Crippen LogP contribution in [0.5, 0.6) is 0 Å². The van der Waals surface area contributed by atoms with Gasteiger partial charge in [-0.05, 0) is 48.7 Å². The zero-order valence-corrected chi connectivity index (χ0v) is 17.5. The van der Waals surface area contributed by atoms with Crippen LogP contribution in [0.25, 0.3) is 0 Å². The zero-order chi connectivity index (χ0) is 19.6. The molecule has 2 aromatic rings. The number of nitrogens with zero attached hydrogens (tertiary/aromatic N) is 2. The van der Waals surface area contributed by atoms with Crippen LogP contribution < -0.4 is 0 Å². The smallest absolute Gasteiger partial charge is 0.264 e. The quantitative estimate of drug-likeness (QED) is 0.649. The number of rotatable bonds is 5. The summed E-state index contributed by atoms with van der Waals surface area (Å²) in [6.45, 7) is 0.647. The van der Waals surface area contributed by atoms with Gasteiger partial charge in [0.1, 0.15) is 0 Å². The van der Waals surface area contributed by atoms with Crippen molar-refractivity contribution in [2.75, 3.05) is 20.7 Å². The summed E-state index contributed by atoms with van der Waals surface area (Å²) in [7, 11) is -1.21. The fourth-order valence-electron chi connectivity index (χ4n) is 3.24. The summed E-state index contributed by atoms with van der Waals surface area (Å²) < 4.78 is 26.7. The molecule has 3 rings (SSSR count). The Kier molecular flexibility index (Phi) is 6.00. The standard InChI is InChI=1S/C19H21BrN2O4S/c1-21(26-2)27(24,25)17-6-3-5-15(13-17)19(23)22-12-4-7-18(22)14-8-10-16(20)11-9-14/h3,5-6,8-11,13,18H,4,7,12H2,1-2H3. The molecule has 0 bridgehead atoms. The molecule has 1 heterocycles. The fraction of sp³-hybridized carbons (Fsp3) is 0.316. The van der Waals surface area contributed by atoms with Crippen LogP contribution >= 0.6 is 15.9 Å². The summed E-state index contributed by atoms with van der Waals surface area (Å²) in [4.78, 5) is 19.7. The summed E-state index contributed by atoms with van der Waals surface area (Å²) >= 11 is 3.43. The number of carbonyl (C=O) groups excluding carboxylic acids is 1. The van der Waals surface area contributed by atoms with Crippen LogP contribution in [0.4, 0.5) is 0 Å². The Morgan fingerprint density at radius 1 is 1.22 bits per heavy atom. The number of hydrogen-bond donors (Lipinski definition) is 0. The van der Waals surface area contributed by atoms with E-state index >= 15 is 0 Å². The van der Waals surface area contributed by atoms with Crippen molar-refractivity contribution in [2.45, 2.75) is 23.8 Å². The number of likely N-dealkylation sites (tertiary alicyclic amines) is 1. The number of benzene rings is 2. The molecular formula is C19H21BrN2O4S. The molecule has 1 saturated heterocycles. The van der Waals surface area contributed by atoms with Crippen LogP contribution in [0.15, 0.2) is 57.9 Å². The highest BCUT2D eigenvalue weighted by atomic mass is 79.9. The van der Waals surface area contributed by atoms with Gasteiger partial charge in [-0.3, -0.25) is 9.63 Å². The highest BCUT2D eigenvalue weighted by Gasteiger charge is 2.31. The van der Waals surface area contributed by atoms with E-state index in [-0.39, 0.29) is 16.8 Å². The molecule has 27 heavy (non-hydrogen) atoms. The van der Waals surface area contributed by atoms with Crippen molar-refractivity contribution < 1.29 is 18.0 Å². The van der Waals surface area contributed by atoms with E-state index in [1.807, 2.05) is 29.2 Å². The van der Waals surface area contributed by atoms with Gasteiger partial charge in [0.15, 0.2) is 0 Å². The lowest BCUT2D eigenvalue weighted by molar-refractivity contribution is -0.0258. The van der Waals surface area contributed by atoms with Crippen LogP contribution in [0.1, 0.15) is 34.8 Å². The minimum atomic E-state index is -3.80. The number of sulfonamides is 1. The van der Waals surface area contributed by atoms with Gasteiger partial charge >= 0.3 is 0 Å². The summed E-state index contributed by atoms with van der Waals surface area (Å²) in [5.74, 6) is -0.169. The van der Waals surface area contributed by atoms with Crippen LogP contribution in [0.2, 0.25) is 0 Å². The van der Waals surface area contributed by atoms with Crippen molar-refractivity contribution in [3.63, 3.8) is 0 Å². The number of hydroxylamine groups is 1. The van der Waals surface area contributed by atoms with Crippen LogP contribution in [0, 0.1) is 0 Å². The molecule has 1 aliphatic heterocycles. The third kappa shape index (κ3) is 4.08. The Morgan fingerprint density at radius 3 is 2.59 bits per heavy atom. The van der Waals surface area contributed by atoms with Gasteiger partial charge < -0.3 is 4.90 Å². The summed E-state index contributed by atoms with van der Waals surface area (Å²) in [6, 6.07) is 14.0. The van der Waals surface area contributed by atoms with Crippen molar-refractivity contribution >= 4 is 31.9 Å². The maximum Gasteiger partial charge on any atom is 0.264 e. The first-order valence-corrected chi connectivity index (χ1v) is 10.8. The van der Waals surface area contributed by atoms with Gasteiger partial charge in [0.2, 0.25) is 0 Å². The number of halogens is 1. The highest BCUT2D eigenvalue weighted by molar-refractivity contribution is 9.10. The monoisotopic (exact) mass is 452 g/mol. The predicted octanol–water partition coefficient (Wildman–Crippen LogP) is 3.61. The average molecular weight is 453 g/mol. The summed E-state index contributed by atoms with van der Waals surface area (Å²) in [5.41, 5.74) is 1.43. The lowest BCUT2D eigenvalue weighted by Gasteiger charge is -2.25. The van der Waals surface area contributed by atoms with Gasteiger partial charge in [0, 0.05) is 23.6 Å². The molecule has 8 heteroatoms. The molecular weight excluding hydrogens is 432 g/mol. The number of carbonyl (C=O) groups is 1. The number of amides is 1. The molecule has 0 aliphatic carbocycles. The molecule has 1 fully saturated rings. The topological polar surface area (TPSA) is 66.9 Å². The second-order valence-electron chi connectivity index (χ2n) is 6.33. The van der Waals surface area contributed by atoms with Gasteiger partial charge in [0.05, 0.1) is 18.0 Å². The predicted molar refractivity (Wildman–Crippen MR) is 106 cm³/mol. The minimum absolute atomic E-state index is 0.00693. The van der Waals surface area contributed by atoms with Gasteiger partial charge in [-0.2, -0.15) is 0 Å². The van der Waals surface area contributed by atoms with Crippen LogP contribution in [-0.4, -0.2) is 44.4 Å². The third-order valence-corrected chi connectivity index (χ3v) is 6.95. The molecule has 0 radical (unpaired) electrons. The van der Waals surface area contributed by atoms with Gasteiger partial charge in [-0.25, -0.2) is 8.42 Å². The van der Waals surface area contributed by atoms with Crippen LogP contribution in [-0.2, 0) is 14.9 Å². The van der Waals surface area contributed by atoms with E-state index in [4.69, 9.17) is 4.84 Å². The Bertz CT molecular complexity index is 931. The summed E-state index contributed by atoms with van der Waals surface area (Å²) in [5, 5.41) is 0. The first kappa shape index (κ1) is 20.0. The molecule has 1 amide bonds. The third-order valence-electron chi connectivity index (χ3n) is 4.74. The molecule has 1 atom stereocenters. The number of hydrogen-bond acceptors (Lipinski definition) is 4. The zero-order valence-electron chi connectivity index (χ0n) is 15.1. The Hall–Kier alpha value is -1.74. The van der Waals surface area contributed by atoms with E-state index in [0.717, 1.165) is 27.3 Å². The van der Waals surface area contributed by atoms with E-state index in [2.05, 4.69) is 15.9 Å². The van der Waals surface area contributed by atoms with Gasteiger partial charge in [-0.1, -0.05) is 38.6 Å². The van der Waals surface area contributed by atoms with Gasteiger partial charge in [-0.15, -0.1) is 0 Å². The van der Waals surface area contributed by atoms with E-state index in [0.29, 0.717) is 12.1 Å². The molecule has 0 saturated carbocycles. The molecule has 2 aromatic carbocycles. The maximum atomic E-state index is 13.1. The maximum absolute atomic E-state index is 13.1. The molecule has 1 aliphatic rings. The molecule has 1 unspecified atom stereocenters. The second kappa shape index (κ2) is 8.10. The SMILES string of the molecule is CON(C)S(=O)(=O)c1cccc(C(=O)N2CCCC2c2ccc(Br)cc2)c1. The lowest BCUT2D eigenvalue weighted by Crippen LogP contribution is -2.31. The molecule has 144 valence electrons. The van der Waals surface area contributed by atoms with Crippen molar-refractivity contribution in [2.24, 2.45) is 0 Å². The second-order valence-corrected chi connectivity index (χ2v) is 9.18. The Morgan fingerprint density at radius 2 is 1.93 bits per heavy atom. The molecule has 6 nitrogen and oxygen atoms in total. The van der Waals surface area contributed by atoms with E-state index in [1.165, 1.54) is 26.3 Å². The van der Waals surface area contributed by atoms with E-state index < -0.39 is 10.0 Å². The Balaban J connectivity index is 1.89. The molecule has 0 N–H and O–H groups in total. The van der Waals surface area contributed by atoms with Crippen molar-refractivity contribution in [1.29, 1.82) is 0 Å². The lowest BCUT2D eigenvalue weighted by atomic mass is 10.0. The summed E-state index contributed by atoms with van der Waals surface area (Å²) in [6.07, 6.45) is 1.80. The first-order chi connectivity index (χ1) is 12.8. The molecule has 0 aromatic heterocycles. The van der Waals surface area contributed by atoms with Crippen molar-refractivity contribution in [1.82, 2.24) is 9.37 Å². The fourth-order valence-corrected chi connectivity index (χ4v) is 4.53. The largest absolute Gasteiger partial charge is 0.332 e. The first-order valence-electron chi connectivity index (χ1n) is 8.54. The normalized spacial score (nSPS) is 17.5. The van der Waals surface area contributed by atoms with Gasteiger partial charge in [0.25, 0.3) is 15.9 Å². The van der Waals surface area contributed by atoms with E-state index in [1.54, 1.807) is 12.1 Å². The van der Waals surface area contributed by atoms with Crippen molar-refractivity contribution in [3.8, 4) is 0 Å². The average Bonchev–Trinajstić information content (AvgIpc) is 3.17. The highest BCUT2D eigenvalue weighted by Crippen LogP contribution is 2.34. The Labute approximate surface area is 167 Å². The van der Waals surface area contributed by atoms with Crippen molar-refractivity contribution in [3.05, 3.63) is 64.1 Å².